The summed E-state index contributed by atoms with van der Waals surface area (Å²) >= 11 is 0. The molecule has 0 fully saturated rings. The third-order valence-electron chi connectivity index (χ3n) is 6.98. The fourth-order valence-electron chi connectivity index (χ4n) is 5.11. The molecule has 1 unspecified atom stereocenters. The smallest absolute Gasteiger partial charge is 0.278 e. The summed E-state index contributed by atoms with van der Waals surface area (Å²) in [5.74, 6) is 4.05. The second-order valence-electron chi connectivity index (χ2n) is 10.6. The largest absolute Gasteiger partial charge is 0.324 e. The highest BCUT2D eigenvalue weighted by Gasteiger charge is 2.23. The second kappa shape index (κ2) is 10.7. The predicted octanol–water partition coefficient (Wildman–Crippen LogP) is 2.91. The molecule has 208 valence electrons. The molecule has 1 aliphatic carbocycles. The zero-order chi connectivity index (χ0) is 28.6. The van der Waals surface area contributed by atoms with Gasteiger partial charge in [-0.25, -0.2) is 19.3 Å². The molecule has 0 aliphatic heterocycles. The number of hydrogen-bond donors (Lipinski definition) is 3. The van der Waals surface area contributed by atoms with Crippen molar-refractivity contribution in [2.45, 2.75) is 31.8 Å². The molecule has 11 heteroatoms. The molecule has 0 saturated heterocycles. The molecule has 5 rings (SSSR count). The number of fused-ring (bicyclic) bond motifs is 2. The Bertz CT molecular complexity index is 1760. The minimum absolute atomic E-state index is 0.238. The molecule has 0 spiro atoms. The van der Waals surface area contributed by atoms with Crippen LogP contribution in [0.2, 0.25) is 0 Å². The summed E-state index contributed by atoms with van der Waals surface area (Å²) < 4.78 is 18.4. The number of anilines is 3. The number of aryl methyl sites for hydroxylation is 1. The first-order valence-electron chi connectivity index (χ1n) is 13.0. The number of nitrogens with one attached hydrogen (secondary N) is 2. The summed E-state index contributed by atoms with van der Waals surface area (Å²) in [5, 5.41) is 3.64. The molecule has 4 aromatic rings. The number of allylic oxidation sites excluding steroid dienone is 1. The van der Waals surface area contributed by atoms with E-state index in [9.17, 15) is 9.00 Å². The SMILES string of the molecule is C#Cc1cc(Nc2ncc3c(=O)n(CC=C)n(-c4cccc(N[SH](C)(C)=O)n4)c3n2)cc2c1CC(N(C)C)CC2. The molecular formula is C29H34N8O2S. The molecule has 1 atom stereocenters. The summed E-state index contributed by atoms with van der Waals surface area (Å²) in [5.41, 5.74) is 4.21. The molecule has 10 nitrogen and oxygen atoms in total. The van der Waals surface area contributed by atoms with Crippen molar-refractivity contribution in [3.05, 3.63) is 76.2 Å². The Labute approximate surface area is 234 Å². The number of benzene rings is 1. The summed E-state index contributed by atoms with van der Waals surface area (Å²) in [6.45, 7) is 4.03. The van der Waals surface area contributed by atoms with E-state index in [0.717, 1.165) is 30.5 Å². The highest BCUT2D eigenvalue weighted by molar-refractivity contribution is 8.02. The second-order valence-corrected chi connectivity index (χ2v) is 13.5. The molecule has 0 saturated carbocycles. The van der Waals surface area contributed by atoms with Gasteiger partial charge in [-0.05, 0) is 78.9 Å². The first-order chi connectivity index (χ1) is 19.1. The standard InChI is InChI=1S/C29H34N8O2S/c1-7-14-36-28(38)24-18-30-29(33-27(24)37(36)26-11-9-10-25(32-26)34-40(5,6)39)31-21-15-19(8-2)23-17-22(35(3)4)13-12-20(23)16-21/h2,7,9-11,15-16,18,22,40H,1,12-14,17H2,3-6H3,(H,30,31,33)(H,32,34,39). The summed E-state index contributed by atoms with van der Waals surface area (Å²) in [7, 11) is 1.61. The lowest BCUT2D eigenvalue weighted by molar-refractivity contribution is 0.268. The van der Waals surface area contributed by atoms with Gasteiger partial charge in [0, 0.05) is 36.0 Å². The van der Waals surface area contributed by atoms with Crippen LogP contribution in [0, 0.1) is 12.3 Å². The predicted molar refractivity (Wildman–Crippen MR) is 163 cm³/mol. The van der Waals surface area contributed by atoms with Gasteiger partial charge in [0.25, 0.3) is 5.56 Å². The molecule has 3 heterocycles. The van der Waals surface area contributed by atoms with Crippen molar-refractivity contribution in [1.29, 1.82) is 0 Å². The van der Waals surface area contributed by atoms with Crippen molar-refractivity contribution in [3.8, 4) is 18.2 Å². The molecule has 1 aliphatic rings. The quantitative estimate of drug-likeness (QED) is 0.173. The third kappa shape index (κ3) is 5.41. The van der Waals surface area contributed by atoms with Crippen LogP contribution in [0.1, 0.15) is 23.1 Å². The van der Waals surface area contributed by atoms with Crippen LogP contribution in [0.15, 0.2) is 54.0 Å². The van der Waals surface area contributed by atoms with Crippen molar-refractivity contribution in [2.24, 2.45) is 0 Å². The average molecular weight is 559 g/mol. The van der Waals surface area contributed by atoms with Gasteiger partial charge < -0.3 is 14.9 Å². The van der Waals surface area contributed by atoms with Crippen LogP contribution in [0.3, 0.4) is 0 Å². The normalized spacial score (nSPS) is 15.4. The first kappa shape index (κ1) is 27.3. The maximum atomic E-state index is 13.3. The van der Waals surface area contributed by atoms with Crippen LogP contribution in [0.4, 0.5) is 17.5 Å². The number of terminal acetylenes is 1. The van der Waals surface area contributed by atoms with Gasteiger partial charge in [0.15, 0.2) is 11.5 Å². The molecule has 0 radical (unpaired) electrons. The van der Waals surface area contributed by atoms with E-state index < -0.39 is 10.1 Å². The van der Waals surface area contributed by atoms with Crippen molar-refractivity contribution >= 4 is 38.6 Å². The van der Waals surface area contributed by atoms with Crippen molar-refractivity contribution < 1.29 is 4.21 Å². The Morgan fingerprint density at radius 3 is 2.77 bits per heavy atom. The van der Waals surface area contributed by atoms with Crippen molar-refractivity contribution in [3.63, 3.8) is 0 Å². The average Bonchev–Trinajstić information content (AvgIpc) is 3.17. The Hall–Kier alpha value is -4.27. The van der Waals surface area contributed by atoms with Gasteiger partial charge in [0.1, 0.15) is 11.2 Å². The molecule has 40 heavy (non-hydrogen) atoms. The fraction of sp³-hybridized carbons (Fsp3) is 0.310. The lowest BCUT2D eigenvalue weighted by Gasteiger charge is -2.31. The van der Waals surface area contributed by atoms with Gasteiger partial charge in [0.2, 0.25) is 5.95 Å². The Morgan fingerprint density at radius 2 is 2.08 bits per heavy atom. The number of nitrogens with zero attached hydrogens (tertiary/aromatic N) is 6. The van der Waals surface area contributed by atoms with Crippen LogP contribution in [0.5, 0.6) is 0 Å². The van der Waals surface area contributed by atoms with Gasteiger partial charge >= 0.3 is 0 Å². The number of hydrogen-bond acceptors (Lipinski definition) is 7. The lowest BCUT2D eigenvalue weighted by atomic mass is 9.84. The van der Waals surface area contributed by atoms with Crippen LogP contribution < -0.4 is 15.6 Å². The topological polar surface area (TPSA) is 110 Å². The van der Waals surface area contributed by atoms with E-state index >= 15 is 0 Å². The van der Waals surface area contributed by atoms with E-state index in [0.29, 0.717) is 34.7 Å². The molecule has 0 bridgehead atoms. The highest BCUT2D eigenvalue weighted by atomic mass is 32.3. The molecule has 2 N–H and O–H groups in total. The van der Waals surface area contributed by atoms with E-state index in [1.165, 1.54) is 22.0 Å². The van der Waals surface area contributed by atoms with Crippen LogP contribution in [0.25, 0.3) is 16.9 Å². The monoisotopic (exact) mass is 558 g/mol. The van der Waals surface area contributed by atoms with Gasteiger partial charge in [-0.15, -0.1) is 13.0 Å². The Balaban J connectivity index is 1.57. The molecular weight excluding hydrogens is 524 g/mol. The van der Waals surface area contributed by atoms with E-state index in [2.05, 4.69) is 57.6 Å². The van der Waals surface area contributed by atoms with Crippen LogP contribution in [-0.4, -0.2) is 66.1 Å². The van der Waals surface area contributed by atoms with E-state index in [-0.39, 0.29) is 12.1 Å². The number of thiol groups is 1. The summed E-state index contributed by atoms with van der Waals surface area (Å²) in [6, 6.07) is 9.79. The number of pyridine rings is 1. The lowest BCUT2D eigenvalue weighted by Crippen LogP contribution is -2.33. The molecule has 0 amide bonds. The van der Waals surface area contributed by atoms with Crippen LogP contribution >= 0.6 is 0 Å². The maximum absolute atomic E-state index is 13.3. The zero-order valence-electron chi connectivity index (χ0n) is 23.2. The van der Waals surface area contributed by atoms with Gasteiger partial charge in [0.05, 0.1) is 6.54 Å². The van der Waals surface area contributed by atoms with Crippen LogP contribution in [-0.2, 0) is 29.5 Å². The molecule has 3 aromatic heterocycles. The Kier molecular flexibility index (Phi) is 7.31. The zero-order valence-corrected chi connectivity index (χ0v) is 24.1. The minimum atomic E-state index is -2.60. The number of rotatable bonds is 8. The van der Waals surface area contributed by atoms with E-state index in [1.54, 1.807) is 41.5 Å². The van der Waals surface area contributed by atoms with Crippen molar-refractivity contribution in [1.82, 2.24) is 29.2 Å². The van der Waals surface area contributed by atoms with E-state index in [1.807, 2.05) is 6.07 Å². The summed E-state index contributed by atoms with van der Waals surface area (Å²) in [6.07, 6.45) is 15.2. The highest BCUT2D eigenvalue weighted by Crippen LogP contribution is 2.30. The van der Waals surface area contributed by atoms with Gasteiger partial charge in [-0.3, -0.25) is 9.00 Å². The maximum Gasteiger partial charge on any atom is 0.278 e. The Morgan fingerprint density at radius 1 is 1.27 bits per heavy atom. The minimum Gasteiger partial charge on any atom is -0.324 e. The first-order valence-corrected chi connectivity index (χ1v) is 15.6. The number of likely N-dealkylation sites (N-methyl/N-ethyl adjacent to an activating group) is 1. The third-order valence-corrected chi connectivity index (χ3v) is 7.75. The summed E-state index contributed by atoms with van der Waals surface area (Å²) in [4.78, 5) is 29.3. The van der Waals surface area contributed by atoms with Gasteiger partial charge in [-0.2, -0.15) is 4.98 Å². The number of aromatic nitrogens is 5. The van der Waals surface area contributed by atoms with Crippen molar-refractivity contribution in [2.75, 3.05) is 36.6 Å². The van der Waals surface area contributed by atoms with Gasteiger partial charge in [-0.1, -0.05) is 18.1 Å². The fourth-order valence-corrected chi connectivity index (χ4v) is 5.79. The van der Waals surface area contributed by atoms with E-state index in [4.69, 9.17) is 11.4 Å². The molecule has 1 aromatic carbocycles.